The number of rotatable bonds is 8. The molecule has 0 aliphatic carbocycles. The van der Waals surface area contributed by atoms with Crippen molar-refractivity contribution in [3.05, 3.63) is 64.4 Å². The Bertz CT molecular complexity index is 1310. The van der Waals surface area contributed by atoms with E-state index in [0.29, 0.717) is 19.6 Å². The van der Waals surface area contributed by atoms with Gasteiger partial charge in [0.2, 0.25) is 5.91 Å². The van der Waals surface area contributed by atoms with Crippen LogP contribution in [0.3, 0.4) is 0 Å². The van der Waals surface area contributed by atoms with E-state index in [1.165, 1.54) is 24.3 Å². The summed E-state index contributed by atoms with van der Waals surface area (Å²) in [4.78, 5) is 17.1. The Morgan fingerprint density at radius 2 is 1.79 bits per heavy atom. The molecule has 206 valence electrons. The molecule has 2 aromatic carbocycles. The number of carbonyl (C=O) groups is 1. The maximum Gasteiger partial charge on any atom is 0.573 e. The Labute approximate surface area is 222 Å². The molecule has 2 aliphatic rings. The van der Waals surface area contributed by atoms with Gasteiger partial charge in [-0.3, -0.25) is 14.4 Å². The maximum atomic E-state index is 13.2. The van der Waals surface area contributed by atoms with Crippen molar-refractivity contribution in [2.75, 3.05) is 24.9 Å². The molecule has 2 N–H and O–H groups in total. The molecule has 1 amide bonds. The van der Waals surface area contributed by atoms with Crippen LogP contribution in [0.1, 0.15) is 24.0 Å². The third-order valence-corrected chi connectivity index (χ3v) is 7.70. The highest BCUT2D eigenvalue weighted by Gasteiger charge is 2.41. The molecule has 2 saturated heterocycles. The van der Waals surface area contributed by atoms with Gasteiger partial charge < -0.3 is 9.64 Å². The topological polar surface area (TPSA) is 91.0 Å². The fourth-order valence-corrected chi connectivity index (χ4v) is 5.54. The van der Waals surface area contributed by atoms with Crippen LogP contribution in [0.5, 0.6) is 5.75 Å². The number of amides is 1. The van der Waals surface area contributed by atoms with Crippen molar-refractivity contribution in [2.45, 2.75) is 37.8 Å². The van der Waals surface area contributed by atoms with E-state index in [4.69, 9.17) is 11.6 Å². The van der Waals surface area contributed by atoms with Gasteiger partial charge in [-0.1, -0.05) is 23.7 Å². The first-order valence-electron chi connectivity index (χ1n) is 11.6. The molecule has 2 aliphatic heterocycles. The summed E-state index contributed by atoms with van der Waals surface area (Å²) in [7, 11) is -2.89. The molecule has 0 aromatic heterocycles. The van der Waals surface area contributed by atoms with Gasteiger partial charge in [-0.25, -0.2) is 9.11 Å². The summed E-state index contributed by atoms with van der Waals surface area (Å²) in [5, 5.41) is -0.477. The van der Waals surface area contributed by atoms with Crippen molar-refractivity contribution in [1.29, 1.82) is 0 Å². The number of benzene rings is 2. The first-order valence-corrected chi connectivity index (χ1v) is 13.5. The summed E-state index contributed by atoms with van der Waals surface area (Å²) in [6.45, 7) is 1.85. The number of nitrogens with one attached hydrogen (secondary N) is 2. The standard InChI is InChI=1S/C24H25ClF4N4O4S/c1-30-38(35,36)31-21-11-20(25)22(37-24(27,28)29)10-16(21)4-9-23(34)33-18-7-8-19(33)14-32(13-18)12-15-2-5-17(26)6-3-15/h2-6,9-11,18-19,30-31H,7-8,12-14H2,1H3. The van der Waals surface area contributed by atoms with E-state index >= 15 is 0 Å². The lowest BCUT2D eigenvalue weighted by Crippen LogP contribution is -2.55. The van der Waals surface area contributed by atoms with Gasteiger partial charge in [-0.2, -0.15) is 8.42 Å². The Morgan fingerprint density at radius 3 is 2.37 bits per heavy atom. The second-order valence-corrected chi connectivity index (χ2v) is 11.0. The van der Waals surface area contributed by atoms with Gasteiger partial charge in [0.05, 0.1) is 10.7 Å². The molecule has 2 bridgehead atoms. The summed E-state index contributed by atoms with van der Waals surface area (Å²) in [6.07, 6.45) is -1.03. The largest absolute Gasteiger partial charge is 0.573 e. The van der Waals surface area contributed by atoms with E-state index in [-0.39, 0.29) is 35.1 Å². The third-order valence-electron chi connectivity index (χ3n) is 6.38. The number of alkyl halides is 3. The number of hydrogen-bond acceptors (Lipinski definition) is 5. The number of fused-ring (bicyclic) bond motifs is 2. The minimum absolute atomic E-state index is 0.0527. The lowest BCUT2D eigenvalue weighted by atomic mass is 10.1. The molecule has 0 spiro atoms. The summed E-state index contributed by atoms with van der Waals surface area (Å²) in [6, 6.07) is 8.00. The monoisotopic (exact) mass is 576 g/mol. The van der Waals surface area contributed by atoms with Crippen molar-refractivity contribution in [2.24, 2.45) is 0 Å². The molecule has 2 heterocycles. The van der Waals surface area contributed by atoms with E-state index in [1.807, 2.05) is 4.72 Å². The molecule has 4 rings (SSSR count). The molecular weight excluding hydrogens is 552 g/mol. The zero-order chi connectivity index (χ0) is 27.7. The van der Waals surface area contributed by atoms with Gasteiger partial charge in [0.1, 0.15) is 11.6 Å². The van der Waals surface area contributed by atoms with Crippen LogP contribution in [-0.2, 0) is 21.5 Å². The number of hydrogen-bond donors (Lipinski definition) is 2. The van der Waals surface area contributed by atoms with Gasteiger partial charge in [-0.05, 0) is 48.7 Å². The second kappa shape index (κ2) is 11.1. The van der Waals surface area contributed by atoms with Crippen molar-refractivity contribution in [3.63, 3.8) is 0 Å². The highest BCUT2D eigenvalue weighted by atomic mass is 35.5. The predicted molar refractivity (Wildman–Crippen MR) is 134 cm³/mol. The molecule has 2 aromatic rings. The minimum Gasteiger partial charge on any atom is -0.404 e. The quantitative estimate of drug-likeness (QED) is 0.364. The third kappa shape index (κ3) is 6.95. The summed E-state index contributed by atoms with van der Waals surface area (Å²) < 4.78 is 83.8. The highest BCUT2D eigenvalue weighted by Crippen LogP contribution is 2.36. The molecule has 0 saturated carbocycles. The average Bonchev–Trinajstić information content (AvgIpc) is 3.10. The first-order chi connectivity index (χ1) is 17.8. The number of ether oxygens (including phenoxy) is 1. The Balaban J connectivity index is 1.52. The van der Waals surface area contributed by atoms with Crippen LogP contribution in [0.15, 0.2) is 42.5 Å². The van der Waals surface area contributed by atoms with Crippen LogP contribution in [-0.4, -0.2) is 62.7 Å². The molecule has 14 heteroatoms. The van der Waals surface area contributed by atoms with Crippen molar-refractivity contribution < 1.29 is 35.5 Å². The molecule has 8 nitrogen and oxygen atoms in total. The molecular formula is C24H25ClF4N4O4S. The second-order valence-electron chi connectivity index (χ2n) is 9.01. The fourth-order valence-electron chi connectivity index (χ4n) is 4.77. The predicted octanol–water partition coefficient (Wildman–Crippen LogP) is 4.14. The zero-order valence-corrected chi connectivity index (χ0v) is 21.7. The molecule has 0 radical (unpaired) electrons. The van der Waals surface area contributed by atoms with E-state index in [9.17, 15) is 30.8 Å². The van der Waals surface area contributed by atoms with Gasteiger partial charge in [0.15, 0.2) is 0 Å². The number of nitrogens with zero attached hydrogens (tertiary/aromatic N) is 2. The van der Waals surface area contributed by atoms with E-state index in [2.05, 4.69) is 14.4 Å². The average molecular weight is 577 g/mol. The van der Waals surface area contributed by atoms with Gasteiger partial charge in [-0.15, -0.1) is 13.2 Å². The maximum absolute atomic E-state index is 13.2. The summed E-state index contributed by atoms with van der Waals surface area (Å²) >= 11 is 5.89. The lowest BCUT2D eigenvalue weighted by molar-refractivity contribution is -0.274. The summed E-state index contributed by atoms with van der Waals surface area (Å²) in [5.41, 5.74) is 0.764. The Hall–Kier alpha value is -2.87. The molecule has 2 fully saturated rings. The van der Waals surface area contributed by atoms with Crippen LogP contribution < -0.4 is 14.2 Å². The zero-order valence-electron chi connectivity index (χ0n) is 20.1. The number of carbonyl (C=O) groups excluding carboxylic acids is 1. The summed E-state index contributed by atoms with van der Waals surface area (Å²) in [5.74, 6) is -1.40. The van der Waals surface area contributed by atoms with E-state index in [1.54, 1.807) is 17.0 Å². The highest BCUT2D eigenvalue weighted by molar-refractivity contribution is 7.90. The minimum atomic E-state index is -5.03. The Morgan fingerprint density at radius 1 is 1.16 bits per heavy atom. The number of likely N-dealkylation sites (tertiary alicyclic amines) is 1. The Kier molecular flexibility index (Phi) is 8.21. The smallest absolute Gasteiger partial charge is 0.404 e. The fraction of sp³-hybridized carbons (Fsp3) is 0.375. The van der Waals surface area contributed by atoms with Gasteiger partial charge >= 0.3 is 6.36 Å². The van der Waals surface area contributed by atoms with Crippen LogP contribution in [0, 0.1) is 5.82 Å². The lowest BCUT2D eigenvalue weighted by Gasteiger charge is -2.40. The van der Waals surface area contributed by atoms with Crippen LogP contribution in [0.2, 0.25) is 5.02 Å². The molecule has 38 heavy (non-hydrogen) atoms. The number of halogens is 5. The normalized spacial score (nSPS) is 20.2. The molecule has 2 atom stereocenters. The van der Waals surface area contributed by atoms with Crippen molar-refractivity contribution >= 4 is 39.5 Å². The van der Waals surface area contributed by atoms with Crippen LogP contribution in [0.25, 0.3) is 6.08 Å². The van der Waals surface area contributed by atoms with E-state index < -0.39 is 27.3 Å². The van der Waals surface area contributed by atoms with Gasteiger partial charge in [0.25, 0.3) is 10.2 Å². The van der Waals surface area contributed by atoms with Crippen molar-refractivity contribution in [1.82, 2.24) is 14.5 Å². The first kappa shape index (κ1) is 28.1. The van der Waals surface area contributed by atoms with Crippen molar-refractivity contribution in [3.8, 4) is 5.75 Å². The SMILES string of the molecule is CNS(=O)(=O)Nc1cc(Cl)c(OC(F)(F)F)cc1C=CC(=O)N1C2CCC1CN(Cc1ccc(F)cc1)C2. The van der Waals surface area contributed by atoms with E-state index in [0.717, 1.165) is 37.6 Å². The van der Waals surface area contributed by atoms with Crippen LogP contribution >= 0.6 is 11.6 Å². The van der Waals surface area contributed by atoms with Crippen LogP contribution in [0.4, 0.5) is 23.2 Å². The number of piperazine rings is 1. The number of anilines is 1. The molecule has 2 unspecified atom stereocenters. The van der Waals surface area contributed by atoms with Gasteiger partial charge in [0, 0.05) is 50.4 Å².